The van der Waals surface area contributed by atoms with Crippen LogP contribution in [0.3, 0.4) is 0 Å². The molecule has 0 spiro atoms. The minimum atomic E-state index is -0.402. The number of carbonyl (C=O) groups is 1. The van der Waals surface area contributed by atoms with Gasteiger partial charge in [-0.3, -0.25) is 9.20 Å². The number of rotatable bonds is 2. The largest absolute Gasteiger partial charge is 0.480 e. The topological polar surface area (TPSA) is 59.7 Å². The first kappa shape index (κ1) is 15.4. The molecule has 6 nitrogen and oxygen atoms in total. The third kappa shape index (κ3) is 2.53. The molecule has 132 valence electrons. The predicted octanol–water partition coefficient (Wildman–Crippen LogP) is 2.44. The highest BCUT2D eigenvalue weighted by Crippen LogP contribution is 2.31. The first-order valence-corrected chi connectivity index (χ1v) is 9.12. The Morgan fingerprint density at radius 1 is 1.12 bits per heavy atom. The van der Waals surface area contributed by atoms with E-state index in [4.69, 9.17) is 4.74 Å². The predicted molar refractivity (Wildman–Crippen MR) is 96.1 cm³/mol. The molecule has 0 unspecified atom stereocenters. The molecule has 0 bridgehead atoms. The van der Waals surface area contributed by atoms with E-state index in [-0.39, 0.29) is 11.8 Å². The highest BCUT2D eigenvalue weighted by atomic mass is 16.5. The molecule has 0 saturated carbocycles. The number of amides is 1. The Hall–Kier alpha value is -2.89. The number of nitrogens with zero attached hydrogens (tertiary/aromatic N) is 4. The van der Waals surface area contributed by atoms with Crippen LogP contribution in [0.2, 0.25) is 0 Å². The Morgan fingerprint density at radius 3 is 2.92 bits per heavy atom. The normalized spacial score (nSPS) is 22.2. The van der Waals surface area contributed by atoms with Crippen LogP contribution in [0.4, 0.5) is 0 Å². The number of ether oxygens (including phenoxy) is 1. The standard InChI is InChI=1S/C20H20N4O2/c25-20(17-12-14-6-1-2-8-16(14)26-17)23-10-5-7-15(13-23)19-22-21-18-9-3-4-11-24(18)19/h1-4,6,8-9,11,15,17H,5,7,10,12-13H2/t15-,17-/m0/s1. The average molecular weight is 348 g/mol. The fourth-order valence-corrected chi connectivity index (χ4v) is 4.05. The zero-order valence-corrected chi connectivity index (χ0v) is 14.4. The van der Waals surface area contributed by atoms with Crippen LogP contribution in [0.5, 0.6) is 5.75 Å². The molecule has 0 radical (unpaired) electrons. The number of likely N-dealkylation sites (tertiary alicyclic amines) is 1. The second kappa shape index (κ2) is 6.12. The molecule has 1 amide bonds. The van der Waals surface area contributed by atoms with E-state index in [1.54, 1.807) is 0 Å². The molecule has 3 aromatic rings. The Morgan fingerprint density at radius 2 is 2.00 bits per heavy atom. The van der Waals surface area contributed by atoms with Crippen molar-refractivity contribution in [2.75, 3.05) is 13.1 Å². The van der Waals surface area contributed by atoms with Crippen molar-refractivity contribution in [3.05, 3.63) is 60.0 Å². The third-order valence-electron chi connectivity index (χ3n) is 5.36. The van der Waals surface area contributed by atoms with E-state index in [0.29, 0.717) is 13.0 Å². The van der Waals surface area contributed by atoms with Gasteiger partial charge in [0.2, 0.25) is 0 Å². The zero-order chi connectivity index (χ0) is 17.5. The van der Waals surface area contributed by atoms with Crippen LogP contribution in [0.15, 0.2) is 48.7 Å². The van der Waals surface area contributed by atoms with Gasteiger partial charge in [0.15, 0.2) is 11.8 Å². The number of para-hydroxylation sites is 1. The van der Waals surface area contributed by atoms with Crippen molar-refractivity contribution < 1.29 is 9.53 Å². The molecule has 1 aromatic carbocycles. The van der Waals surface area contributed by atoms with Crippen molar-refractivity contribution in [2.24, 2.45) is 0 Å². The zero-order valence-electron chi connectivity index (χ0n) is 14.4. The number of pyridine rings is 1. The van der Waals surface area contributed by atoms with Gasteiger partial charge in [-0.15, -0.1) is 10.2 Å². The summed E-state index contributed by atoms with van der Waals surface area (Å²) in [6.07, 6.45) is 4.23. The number of hydrogen-bond acceptors (Lipinski definition) is 4. The second-order valence-corrected chi connectivity index (χ2v) is 7.03. The minimum Gasteiger partial charge on any atom is -0.480 e. The highest BCUT2D eigenvalue weighted by Gasteiger charge is 2.35. The molecular weight excluding hydrogens is 328 g/mol. The van der Waals surface area contributed by atoms with Gasteiger partial charge in [-0.05, 0) is 36.6 Å². The van der Waals surface area contributed by atoms with Crippen LogP contribution >= 0.6 is 0 Å². The summed E-state index contributed by atoms with van der Waals surface area (Å²) in [5, 5.41) is 8.64. The first-order chi connectivity index (χ1) is 12.8. The Labute approximate surface area is 151 Å². The van der Waals surface area contributed by atoms with Crippen molar-refractivity contribution in [2.45, 2.75) is 31.3 Å². The molecule has 26 heavy (non-hydrogen) atoms. The molecule has 2 aliphatic heterocycles. The molecule has 6 heteroatoms. The lowest BCUT2D eigenvalue weighted by atomic mass is 9.96. The maximum absolute atomic E-state index is 13.0. The summed E-state index contributed by atoms with van der Waals surface area (Å²) < 4.78 is 7.92. The van der Waals surface area contributed by atoms with Crippen molar-refractivity contribution in [1.29, 1.82) is 0 Å². The van der Waals surface area contributed by atoms with E-state index in [9.17, 15) is 4.79 Å². The summed E-state index contributed by atoms with van der Waals surface area (Å²) in [4.78, 5) is 14.9. The molecule has 1 saturated heterocycles. The van der Waals surface area contributed by atoms with Crippen LogP contribution in [-0.4, -0.2) is 44.6 Å². The van der Waals surface area contributed by atoms with Gasteiger partial charge in [0, 0.05) is 31.6 Å². The van der Waals surface area contributed by atoms with Crippen LogP contribution in [0, 0.1) is 0 Å². The smallest absolute Gasteiger partial charge is 0.264 e. The van der Waals surface area contributed by atoms with Crippen molar-refractivity contribution in [3.63, 3.8) is 0 Å². The Balaban J connectivity index is 1.34. The van der Waals surface area contributed by atoms with E-state index >= 15 is 0 Å². The number of aromatic nitrogens is 3. The van der Waals surface area contributed by atoms with Gasteiger partial charge in [0.05, 0.1) is 0 Å². The summed E-state index contributed by atoms with van der Waals surface area (Å²) in [5.41, 5.74) is 1.96. The summed E-state index contributed by atoms with van der Waals surface area (Å²) in [7, 11) is 0. The van der Waals surface area contributed by atoms with E-state index < -0.39 is 6.10 Å². The molecular formula is C20H20N4O2. The third-order valence-corrected chi connectivity index (χ3v) is 5.36. The lowest BCUT2D eigenvalue weighted by Crippen LogP contribution is -2.46. The minimum absolute atomic E-state index is 0.0831. The maximum atomic E-state index is 13.0. The van der Waals surface area contributed by atoms with Gasteiger partial charge < -0.3 is 9.64 Å². The molecule has 2 aliphatic rings. The van der Waals surface area contributed by atoms with E-state index in [2.05, 4.69) is 10.2 Å². The van der Waals surface area contributed by atoms with Gasteiger partial charge in [-0.2, -0.15) is 0 Å². The van der Waals surface area contributed by atoms with Crippen LogP contribution < -0.4 is 4.74 Å². The number of fused-ring (bicyclic) bond motifs is 2. The van der Waals surface area contributed by atoms with E-state index in [1.807, 2.05) is 58.0 Å². The van der Waals surface area contributed by atoms with Gasteiger partial charge in [0.25, 0.3) is 5.91 Å². The summed E-state index contributed by atoms with van der Waals surface area (Å²) in [5.74, 6) is 2.06. The van der Waals surface area contributed by atoms with Gasteiger partial charge >= 0.3 is 0 Å². The molecule has 2 aromatic heterocycles. The molecule has 0 N–H and O–H groups in total. The summed E-state index contributed by atoms with van der Waals surface area (Å²) >= 11 is 0. The number of benzene rings is 1. The maximum Gasteiger partial charge on any atom is 0.264 e. The Bertz CT molecular complexity index is 942. The summed E-state index contributed by atoms with van der Waals surface area (Å²) in [6, 6.07) is 13.8. The molecule has 2 atom stereocenters. The van der Waals surface area contributed by atoms with Crippen molar-refractivity contribution in [3.8, 4) is 5.75 Å². The number of carbonyl (C=O) groups excluding carboxylic acids is 1. The van der Waals surface area contributed by atoms with Gasteiger partial charge in [-0.1, -0.05) is 24.3 Å². The fourth-order valence-electron chi connectivity index (χ4n) is 4.05. The quantitative estimate of drug-likeness (QED) is 0.714. The Kier molecular flexibility index (Phi) is 3.62. The SMILES string of the molecule is O=C([C@@H]1Cc2ccccc2O1)N1CCC[C@H](c2nnc3ccccn23)C1. The fraction of sp³-hybridized carbons (Fsp3) is 0.350. The highest BCUT2D eigenvalue weighted by molar-refractivity contribution is 5.82. The molecule has 0 aliphatic carbocycles. The van der Waals surface area contributed by atoms with Crippen molar-refractivity contribution in [1.82, 2.24) is 19.5 Å². The first-order valence-electron chi connectivity index (χ1n) is 9.12. The second-order valence-electron chi connectivity index (χ2n) is 7.03. The molecule has 5 rings (SSSR count). The number of hydrogen-bond donors (Lipinski definition) is 0. The van der Waals surface area contributed by atoms with Crippen LogP contribution in [0.25, 0.3) is 5.65 Å². The van der Waals surface area contributed by atoms with Gasteiger partial charge in [-0.25, -0.2) is 0 Å². The summed E-state index contributed by atoms with van der Waals surface area (Å²) in [6.45, 7) is 1.45. The lowest BCUT2D eigenvalue weighted by molar-refractivity contribution is -0.139. The lowest BCUT2D eigenvalue weighted by Gasteiger charge is -2.33. The monoisotopic (exact) mass is 348 g/mol. The van der Waals surface area contributed by atoms with Crippen LogP contribution in [-0.2, 0) is 11.2 Å². The van der Waals surface area contributed by atoms with Crippen molar-refractivity contribution >= 4 is 11.6 Å². The molecule has 4 heterocycles. The van der Waals surface area contributed by atoms with E-state index in [0.717, 1.165) is 42.2 Å². The number of piperidine rings is 1. The van der Waals surface area contributed by atoms with E-state index in [1.165, 1.54) is 0 Å². The van der Waals surface area contributed by atoms with Gasteiger partial charge in [0.1, 0.15) is 11.6 Å². The molecule has 1 fully saturated rings. The average Bonchev–Trinajstić information content (AvgIpc) is 3.31. The van der Waals surface area contributed by atoms with Crippen LogP contribution in [0.1, 0.15) is 30.1 Å².